The second-order valence-electron chi connectivity index (χ2n) is 1.75. The van der Waals surface area contributed by atoms with Gasteiger partial charge in [-0.2, -0.15) is 0 Å². The first-order chi connectivity index (χ1) is 4.89. The maximum absolute atomic E-state index is 7.50. The van der Waals surface area contributed by atoms with Crippen molar-refractivity contribution in [2.45, 2.75) is 13.8 Å². The van der Waals surface area contributed by atoms with Gasteiger partial charge in [0, 0.05) is 6.42 Å². The van der Waals surface area contributed by atoms with Crippen LogP contribution in [0.25, 0.3) is 0 Å². The molecule has 0 unspecified atom stereocenters. The molecule has 0 N–H and O–H groups in total. The van der Waals surface area contributed by atoms with Crippen LogP contribution in [-0.4, -0.2) is 19.8 Å². The van der Waals surface area contributed by atoms with Gasteiger partial charge in [0.05, 0.1) is 25.6 Å². The molecule has 0 radical (unpaired) electrons. The molecular weight excluding hydrogens is 144 g/mol. The predicted molar refractivity (Wildman–Crippen MR) is 41.2 cm³/mol. The Morgan fingerprint density at radius 3 is 1.55 bits per heavy atom. The zero-order valence-corrected chi connectivity index (χ0v) is 5.76. The first kappa shape index (κ1) is 12.9. The Labute approximate surface area is 67.7 Å². The summed E-state index contributed by atoms with van der Waals surface area (Å²) in [5, 5.41) is 0. The second kappa shape index (κ2) is 9.24. The fraction of sp³-hybridized carbons (Fsp3) is 0.625. The summed E-state index contributed by atoms with van der Waals surface area (Å²) in [7, 11) is 0. The van der Waals surface area contributed by atoms with Crippen LogP contribution in [0.4, 0.5) is 0 Å². The molecule has 11 heavy (non-hydrogen) atoms. The summed E-state index contributed by atoms with van der Waals surface area (Å²) in [5.41, 5.74) is 0. The fourth-order valence-corrected chi connectivity index (χ4v) is 0.246. The van der Waals surface area contributed by atoms with Gasteiger partial charge < -0.3 is 9.47 Å². The summed E-state index contributed by atoms with van der Waals surface area (Å²) in [4.78, 5) is 0. The van der Waals surface area contributed by atoms with E-state index in [0.29, 0.717) is 0 Å². The van der Waals surface area contributed by atoms with Gasteiger partial charge in [0.15, 0.2) is 0 Å². The van der Waals surface area contributed by atoms with Gasteiger partial charge in [0.25, 0.3) is 0 Å². The van der Waals surface area contributed by atoms with E-state index in [1.807, 2.05) is 0 Å². The summed E-state index contributed by atoms with van der Waals surface area (Å²) in [6.45, 7) is 10.9. The molecule has 2 rings (SSSR count). The van der Waals surface area contributed by atoms with E-state index in [-0.39, 0.29) is 7.43 Å². The van der Waals surface area contributed by atoms with E-state index in [1.165, 1.54) is 0 Å². The molecule has 2 fully saturated rings. The number of ether oxygens (including phenoxy) is 2. The molecule has 0 aromatic heterocycles. The van der Waals surface area contributed by atoms with Gasteiger partial charge >= 0.3 is 11.3 Å². The molecule has 2 saturated heterocycles. The van der Waals surface area contributed by atoms with Crippen LogP contribution >= 0.6 is 0 Å². The van der Waals surface area contributed by atoms with E-state index in [9.17, 15) is 0 Å². The molecule has 0 atom stereocenters. The molecule has 3 heteroatoms. The van der Waals surface area contributed by atoms with Crippen LogP contribution in [-0.2, 0) is 14.1 Å². The van der Waals surface area contributed by atoms with Crippen molar-refractivity contribution < 1.29 is 14.1 Å². The van der Waals surface area contributed by atoms with Crippen molar-refractivity contribution in [3.8, 4) is 0 Å². The van der Waals surface area contributed by atoms with E-state index in [4.69, 9.17) is 9.39 Å². The fourth-order valence-electron chi connectivity index (χ4n) is 0.246. The van der Waals surface area contributed by atoms with Gasteiger partial charge in [-0.1, -0.05) is 14.0 Å². The molecule has 3 nitrogen and oxygen atoms in total. The Balaban J connectivity index is 0. The summed E-state index contributed by atoms with van der Waals surface area (Å²) >= 11 is 0. The van der Waals surface area contributed by atoms with Crippen molar-refractivity contribution in [1.82, 2.24) is 0 Å². The van der Waals surface area contributed by atoms with Crippen LogP contribution in [0, 0.1) is 6.65 Å². The van der Waals surface area contributed by atoms with E-state index >= 15 is 0 Å². The molecule has 0 amide bonds. The van der Waals surface area contributed by atoms with Crippen LogP contribution < -0.4 is 0 Å². The topological polar surface area (TPSA) is 41.7 Å². The Morgan fingerprint density at radius 2 is 1.55 bits per heavy atom. The van der Waals surface area contributed by atoms with Crippen molar-refractivity contribution in [3.05, 3.63) is 19.0 Å². The molecule has 2 aliphatic rings. The quantitative estimate of drug-likeness (QED) is 0.305. The van der Waals surface area contributed by atoms with Crippen LogP contribution in [0.15, 0.2) is 12.3 Å². The van der Waals surface area contributed by atoms with Gasteiger partial charge in [0.1, 0.15) is 0 Å². The number of rotatable bonds is 0. The summed E-state index contributed by atoms with van der Waals surface area (Å²) in [5.74, 6) is 0.935. The molecule has 0 bridgehead atoms. The van der Waals surface area contributed by atoms with Crippen LogP contribution in [0.2, 0.25) is 0 Å². The van der Waals surface area contributed by atoms with Crippen molar-refractivity contribution in [1.29, 1.82) is 0 Å². The van der Waals surface area contributed by atoms with Crippen molar-refractivity contribution in [2.24, 2.45) is 0 Å². The van der Waals surface area contributed by atoms with E-state index in [1.54, 1.807) is 0 Å². The van der Waals surface area contributed by atoms with Gasteiger partial charge in [-0.25, -0.2) is 0 Å². The Bertz CT molecular complexity index is 107. The standard InChI is InChI=1S/C4H6O.C2H4O.CO.CH4/c1-4-2-3-5-4;1-2-3-1;1-2;/h1-3H2;1-2H2;;1H4. The summed E-state index contributed by atoms with van der Waals surface area (Å²) < 4.78 is 16.7. The monoisotopic (exact) mass is 158 g/mol. The zero-order chi connectivity index (χ0) is 7.82. The minimum absolute atomic E-state index is 0. The van der Waals surface area contributed by atoms with Crippen LogP contribution in [0.5, 0.6) is 0 Å². The molecule has 2 aliphatic heterocycles. The Kier molecular flexibility index (Phi) is 10.8. The normalized spacial score (nSPS) is 16.0. The first-order valence-corrected chi connectivity index (χ1v) is 2.98. The van der Waals surface area contributed by atoms with Gasteiger partial charge in [-0.15, -0.1) is 0 Å². The van der Waals surface area contributed by atoms with Crippen molar-refractivity contribution >= 4 is 0 Å². The Hall–Kier alpha value is -0.760. The van der Waals surface area contributed by atoms with Gasteiger partial charge in [0.2, 0.25) is 0 Å². The first-order valence-electron chi connectivity index (χ1n) is 2.98. The van der Waals surface area contributed by atoms with Gasteiger partial charge in [-0.05, 0) is 0 Å². The minimum atomic E-state index is 0. The average Bonchev–Trinajstić information content (AvgIpc) is 2.73. The molecule has 0 aliphatic carbocycles. The number of epoxide rings is 1. The van der Waals surface area contributed by atoms with Crippen LogP contribution in [0.1, 0.15) is 13.8 Å². The molecule has 2 heterocycles. The molecule has 0 aromatic carbocycles. The summed E-state index contributed by atoms with van der Waals surface area (Å²) in [6, 6.07) is 0. The zero-order valence-electron chi connectivity index (χ0n) is 5.76. The van der Waals surface area contributed by atoms with Crippen molar-refractivity contribution in [3.63, 3.8) is 0 Å². The second-order valence-corrected chi connectivity index (χ2v) is 1.75. The van der Waals surface area contributed by atoms with E-state index < -0.39 is 0 Å². The predicted octanol–water partition coefficient (Wildman–Crippen LogP) is 1.54. The van der Waals surface area contributed by atoms with Crippen LogP contribution in [0.3, 0.4) is 0 Å². The SMILES string of the molecule is C.C1CO1.C=C1CCO1.[C-]#[O+]. The molecule has 0 spiro atoms. The van der Waals surface area contributed by atoms with Gasteiger partial charge in [-0.3, -0.25) is 0 Å². The average molecular weight is 158 g/mol. The molecular formula is C8H14O3. The van der Waals surface area contributed by atoms with Crippen molar-refractivity contribution in [2.75, 3.05) is 19.8 Å². The third kappa shape index (κ3) is 12.4. The summed E-state index contributed by atoms with van der Waals surface area (Å²) in [6.07, 6.45) is 1.07. The van der Waals surface area contributed by atoms with E-state index in [0.717, 1.165) is 32.0 Å². The maximum atomic E-state index is 7.50. The third-order valence-corrected chi connectivity index (χ3v) is 0.891. The number of hydrogen-bond acceptors (Lipinski definition) is 2. The molecule has 64 valence electrons. The molecule has 0 aromatic rings. The number of hydrogen-bond donors (Lipinski definition) is 0. The van der Waals surface area contributed by atoms with E-state index in [2.05, 4.69) is 18.0 Å². The third-order valence-electron chi connectivity index (χ3n) is 0.891. The Morgan fingerprint density at radius 1 is 1.27 bits per heavy atom. The molecule has 0 saturated carbocycles.